The molecule has 1 aromatic carbocycles. The van der Waals surface area contributed by atoms with Crippen molar-refractivity contribution in [3.8, 4) is 16.2 Å². The van der Waals surface area contributed by atoms with Gasteiger partial charge in [-0.3, -0.25) is 0 Å². The molecule has 2 rings (SSSR count). The number of benzene rings is 1. The Morgan fingerprint density at radius 1 is 1.31 bits per heavy atom. The summed E-state index contributed by atoms with van der Waals surface area (Å²) in [6, 6.07) is 10.3. The normalized spacial score (nSPS) is 12.4. The first-order chi connectivity index (χ1) is 7.70. The van der Waals surface area contributed by atoms with Gasteiger partial charge in [-0.15, -0.1) is 11.3 Å². The van der Waals surface area contributed by atoms with Crippen LogP contribution in [0.4, 0.5) is 0 Å². The van der Waals surface area contributed by atoms with Crippen molar-refractivity contribution in [1.82, 2.24) is 0 Å². The Morgan fingerprint density at radius 3 is 2.75 bits per heavy atom. The molecule has 84 valence electrons. The zero-order valence-electron chi connectivity index (χ0n) is 9.44. The third kappa shape index (κ3) is 2.26. The standard InChI is InChI=1S/C13H15NOS/c1-9(14)11-7-13(16-8-11)10-4-3-5-12(6-10)15-2/h3-9H,14H2,1-2H3. The lowest BCUT2D eigenvalue weighted by Crippen LogP contribution is -2.02. The van der Waals surface area contributed by atoms with E-state index in [1.807, 2.05) is 25.1 Å². The molecule has 1 atom stereocenters. The minimum absolute atomic E-state index is 0.0932. The first kappa shape index (κ1) is 11.2. The Morgan fingerprint density at radius 2 is 2.12 bits per heavy atom. The second-order valence-corrected chi connectivity index (χ2v) is 4.68. The highest BCUT2D eigenvalue weighted by atomic mass is 32.1. The molecular weight excluding hydrogens is 218 g/mol. The second kappa shape index (κ2) is 4.68. The van der Waals surface area contributed by atoms with Crippen molar-refractivity contribution < 1.29 is 4.74 Å². The Bertz CT molecular complexity index is 476. The molecule has 0 fully saturated rings. The maximum atomic E-state index is 5.84. The van der Waals surface area contributed by atoms with E-state index in [9.17, 15) is 0 Å². The summed E-state index contributed by atoms with van der Waals surface area (Å²) in [5.74, 6) is 0.883. The topological polar surface area (TPSA) is 35.2 Å². The van der Waals surface area contributed by atoms with E-state index in [2.05, 4.69) is 17.5 Å². The molecule has 2 aromatic rings. The monoisotopic (exact) mass is 233 g/mol. The minimum Gasteiger partial charge on any atom is -0.497 e. The summed E-state index contributed by atoms with van der Waals surface area (Å²) in [6.07, 6.45) is 0. The van der Waals surface area contributed by atoms with Gasteiger partial charge in [0.05, 0.1) is 7.11 Å². The van der Waals surface area contributed by atoms with Gasteiger partial charge >= 0.3 is 0 Å². The molecule has 0 radical (unpaired) electrons. The highest BCUT2D eigenvalue weighted by Crippen LogP contribution is 2.31. The van der Waals surface area contributed by atoms with Crippen molar-refractivity contribution in [2.45, 2.75) is 13.0 Å². The predicted molar refractivity (Wildman–Crippen MR) is 68.9 cm³/mol. The maximum absolute atomic E-state index is 5.84. The molecule has 1 aromatic heterocycles. The number of ether oxygens (including phenoxy) is 1. The van der Waals surface area contributed by atoms with Gasteiger partial charge in [-0.1, -0.05) is 12.1 Å². The van der Waals surface area contributed by atoms with Crippen molar-refractivity contribution in [2.75, 3.05) is 7.11 Å². The van der Waals surface area contributed by atoms with Crippen molar-refractivity contribution >= 4 is 11.3 Å². The summed E-state index contributed by atoms with van der Waals surface area (Å²) in [6.45, 7) is 2.00. The number of nitrogens with two attached hydrogens (primary N) is 1. The Hall–Kier alpha value is -1.32. The molecule has 0 spiro atoms. The van der Waals surface area contributed by atoms with Crippen molar-refractivity contribution in [2.24, 2.45) is 5.73 Å². The lowest BCUT2D eigenvalue weighted by Gasteiger charge is -2.02. The lowest BCUT2D eigenvalue weighted by atomic mass is 10.1. The molecule has 0 saturated heterocycles. The lowest BCUT2D eigenvalue weighted by molar-refractivity contribution is 0.415. The average Bonchev–Trinajstić information content (AvgIpc) is 2.78. The number of hydrogen-bond acceptors (Lipinski definition) is 3. The van der Waals surface area contributed by atoms with Gasteiger partial charge in [0, 0.05) is 10.9 Å². The van der Waals surface area contributed by atoms with Gasteiger partial charge in [0.1, 0.15) is 5.75 Å². The van der Waals surface area contributed by atoms with Crippen LogP contribution in [0.5, 0.6) is 5.75 Å². The summed E-state index contributed by atoms with van der Waals surface area (Å²) in [5, 5.41) is 2.11. The summed E-state index contributed by atoms with van der Waals surface area (Å²) < 4.78 is 5.21. The largest absolute Gasteiger partial charge is 0.497 e. The van der Waals surface area contributed by atoms with Crippen LogP contribution in [0, 0.1) is 0 Å². The number of methoxy groups -OCH3 is 1. The molecule has 2 N–H and O–H groups in total. The summed E-state index contributed by atoms with van der Waals surface area (Å²) in [7, 11) is 1.68. The fraction of sp³-hybridized carbons (Fsp3) is 0.231. The Labute approximate surface area is 99.7 Å². The van der Waals surface area contributed by atoms with E-state index in [0.29, 0.717) is 0 Å². The zero-order valence-corrected chi connectivity index (χ0v) is 10.3. The zero-order chi connectivity index (χ0) is 11.5. The second-order valence-electron chi connectivity index (χ2n) is 3.76. The molecule has 0 saturated carbocycles. The van der Waals surface area contributed by atoms with Gasteiger partial charge in [-0.2, -0.15) is 0 Å². The third-order valence-electron chi connectivity index (χ3n) is 2.50. The van der Waals surface area contributed by atoms with Gasteiger partial charge in [0.15, 0.2) is 0 Å². The van der Waals surface area contributed by atoms with E-state index < -0.39 is 0 Å². The fourth-order valence-electron chi connectivity index (χ4n) is 1.52. The first-order valence-corrected chi connectivity index (χ1v) is 6.07. The molecule has 0 bridgehead atoms. The van der Waals surface area contributed by atoms with Crippen LogP contribution in [0.2, 0.25) is 0 Å². The molecule has 1 heterocycles. The minimum atomic E-state index is 0.0932. The van der Waals surface area contributed by atoms with Crippen LogP contribution in [-0.4, -0.2) is 7.11 Å². The molecule has 3 heteroatoms. The van der Waals surface area contributed by atoms with E-state index >= 15 is 0 Å². The van der Waals surface area contributed by atoms with Crippen molar-refractivity contribution in [3.05, 3.63) is 41.3 Å². The number of hydrogen-bond donors (Lipinski definition) is 1. The van der Waals surface area contributed by atoms with Crippen LogP contribution < -0.4 is 10.5 Å². The molecule has 0 aliphatic rings. The van der Waals surface area contributed by atoms with Gasteiger partial charge in [-0.25, -0.2) is 0 Å². The molecule has 0 aliphatic carbocycles. The first-order valence-electron chi connectivity index (χ1n) is 5.19. The van der Waals surface area contributed by atoms with E-state index in [4.69, 9.17) is 10.5 Å². The van der Waals surface area contributed by atoms with Crippen LogP contribution in [0.15, 0.2) is 35.7 Å². The van der Waals surface area contributed by atoms with E-state index in [1.54, 1.807) is 18.4 Å². The maximum Gasteiger partial charge on any atom is 0.119 e. The van der Waals surface area contributed by atoms with Crippen LogP contribution in [-0.2, 0) is 0 Å². The number of thiophene rings is 1. The van der Waals surface area contributed by atoms with Gasteiger partial charge in [0.2, 0.25) is 0 Å². The molecular formula is C13H15NOS. The van der Waals surface area contributed by atoms with Gasteiger partial charge < -0.3 is 10.5 Å². The smallest absolute Gasteiger partial charge is 0.119 e. The highest BCUT2D eigenvalue weighted by Gasteiger charge is 2.06. The Balaban J connectivity index is 2.34. The average molecular weight is 233 g/mol. The summed E-state index contributed by atoms with van der Waals surface area (Å²) >= 11 is 1.71. The molecule has 2 nitrogen and oxygen atoms in total. The van der Waals surface area contributed by atoms with Crippen LogP contribution in [0.25, 0.3) is 10.4 Å². The van der Waals surface area contributed by atoms with Crippen molar-refractivity contribution in [1.29, 1.82) is 0 Å². The molecule has 1 unspecified atom stereocenters. The molecule has 0 aliphatic heterocycles. The summed E-state index contributed by atoms with van der Waals surface area (Å²) in [5.41, 5.74) is 8.20. The van der Waals surface area contributed by atoms with Crippen LogP contribution in [0.1, 0.15) is 18.5 Å². The molecule has 0 amide bonds. The summed E-state index contributed by atoms with van der Waals surface area (Å²) in [4.78, 5) is 1.23. The number of rotatable bonds is 3. The van der Waals surface area contributed by atoms with Crippen molar-refractivity contribution in [3.63, 3.8) is 0 Å². The highest BCUT2D eigenvalue weighted by molar-refractivity contribution is 7.13. The van der Waals surface area contributed by atoms with Gasteiger partial charge in [0.25, 0.3) is 0 Å². The fourth-order valence-corrected chi connectivity index (χ4v) is 2.53. The molecule has 16 heavy (non-hydrogen) atoms. The Kier molecular flexibility index (Phi) is 3.27. The SMILES string of the molecule is COc1cccc(-c2cc(C(C)N)cs2)c1. The third-order valence-corrected chi connectivity index (χ3v) is 3.50. The van der Waals surface area contributed by atoms with E-state index in [1.165, 1.54) is 16.0 Å². The van der Waals surface area contributed by atoms with Gasteiger partial charge in [-0.05, 0) is 41.6 Å². The van der Waals surface area contributed by atoms with E-state index in [0.717, 1.165) is 5.75 Å². The quantitative estimate of drug-likeness (QED) is 0.881. The van der Waals surface area contributed by atoms with E-state index in [-0.39, 0.29) is 6.04 Å². The van der Waals surface area contributed by atoms with Crippen LogP contribution in [0.3, 0.4) is 0 Å². The predicted octanol–water partition coefficient (Wildman–Crippen LogP) is 3.44. The van der Waals surface area contributed by atoms with Crippen LogP contribution >= 0.6 is 11.3 Å².